The van der Waals surface area contributed by atoms with Gasteiger partial charge in [-0.05, 0) is 86.8 Å². The molecule has 4 saturated carbocycles. The number of amides is 1. The smallest absolute Gasteiger partial charge is 0.267 e. The van der Waals surface area contributed by atoms with E-state index >= 15 is 0 Å². The second-order valence-electron chi connectivity index (χ2n) is 9.14. The highest BCUT2D eigenvalue weighted by molar-refractivity contribution is 6.32. The molecular weight excluding hydrogens is 386 g/mol. The van der Waals surface area contributed by atoms with Gasteiger partial charge in [0.05, 0.1) is 12.1 Å². The van der Waals surface area contributed by atoms with Crippen LogP contribution in [-0.4, -0.2) is 19.1 Å². The van der Waals surface area contributed by atoms with Crippen molar-refractivity contribution in [3.8, 4) is 11.8 Å². The van der Waals surface area contributed by atoms with Crippen molar-refractivity contribution in [1.29, 1.82) is 5.26 Å². The number of hydrogen-bond donors (Lipinski definition) is 2. The van der Waals surface area contributed by atoms with E-state index in [0.29, 0.717) is 21.9 Å². The Morgan fingerprint density at radius 2 is 1.90 bits per heavy atom. The van der Waals surface area contributed by atoms with Gasteiger partial charge in [-0.15, -0.1) is 0 Å². The van der Waals surface area contributed by atoms with Crippen molar-refractivity contribution in [3.63, 3.8) is 0 Å². The molecule has 5 nitrogen and oxygen atoms in total. The highest BCUT2D eigenvalue weighted by Gasteiger charge is 2.53. The Hall–Kier alpha value is -2.19. The van der Waals surface area contributed by atoms with Crippen LogP contribution >= 0.6 is 11.6 Å². The lowest BCUT2D eigenvalue weighted by Crippen LogP contribution is -2.54. The summed E-state index contributed by atoms with van der Waals surface area (Å²) in [6.07, 6.45) is 9.62. The van der Waals surface area contributed by atoms with Gasteiger partial charge in [-0.3, -0.25) is 4.79 Å². The van der Waals surface area contributed by atoms with E-state index in [9.17, 15) is 10.1 Å². The minimum Gasteiger partial charge on any atom is -0.495 e. The van der Waals surface area contributed by atoms with E-state index < -0.39 is 5.91 Å². The molecule has 0 aromatic heterocycles. The number of methoxy groups -OCH3 is 1. The molecule has 1 atom stereocenters. The maximum Gasteiger partial charge on any atom is 0.267 e. The van der Waals surface area contributed by atoms with E-state index in [1.165, 1.54) is 45.6 Å². The first-order chi connectivity index (χ1) is 13.9. The van der Waals surface area contributed by atoms with Gasteiger partial charge in [0, 0.05) is 17.9 Å². The van der Waals surface area contributed by atoms with Gasteiger partial charge in [0.1, 0.15) is 17.4 Å². The average Bonchev–Trinajstić information content (AvgIpc) is 2.67. The van der Waals surface area contributed by atoms with Gasteiger partial charge < -0.3 is 15.4 Å². The third kappa shape index (κ3) is 3.96. The van der Waals surface area contributed by atoms with Gasteiger partial charge in [-0.25, -0.2) is 0 Å². The van der Waals surface area contributed by atoms with Gasteiger partial charge in [-0.2, -0.15) is 5.26 Å². The molecule has 5 rings (SSSR count). The van der Waals surface area contributed by atoms with Crippen molar-refractivity contribution in [1.82, 2.24) is 5.32 Å². The molecule has 0 heterocycles. The van der Waals surface area contributed by atoms with Crippen LogP contribution in [0.15, 0.2) is 30.0 Å². The third-order valence-electron chi connectivity index (χ3n) is 7.26. The van der Waals surface area contributed by atoms with Crippen molar-refractivity contribution in [2.24, 2.45) is 23.2 Å². The molecule has 0 spiro atoms. The van der Waals surface area contributed by atoms with Crippen LogP contribution in [0, 0.1) is 34.5 Å². The average molecular weight is 414 g/mol. The highest BCUT2D eigenvalue weighted by atomic mass is 35.5. The first kappa shape index (κ1) is 20.1. The molecule has 1 unspecified atom stereocenters. The number of carbonyl (C=O) groups excluding carboxylic acids is 1. The van der Waals surface area contributed by atoms with Crippen LogP contribution < -0.4 is 15.4 Å². The minimum atomic E-state index is -0.445. The lowest BCUT2D eigenvalue weighted by molar-refractivity contribution is -0.112. The quantitative estimate of drug-likeness (QED) is 0.514. The molecule has 1 aromatic carbocycles. The van der Waals surface area contributed by atoms with Crippen LogP contribution in [0.2, 0.25) is 5.02 Å². The van der Waals surface area contributed by atoms with Gasteiger partial charge in [0.2, 0.25) is 0 Å². The zero-order valence-electron chi connectivity index (χ0n) is 17.0. The topological polar surface area (TPSA) is 74.1 Å². The Bertz CT molecular complexity index is 838. The van der Waals surface area contributed by atoms with E-state index in [2.05, 4.69) is 17.6 Å². The summed E-state index contributed by atoms with van der Waals surface area (Å²) in [5.74, 6) is 2.69. The zero-order chi connectivity index (χ0) is 20.6. The predicted octanol–water partition coefficient (Wildman–Crippen LogP) is 4.89. The zero-order valence-corrected chi connectivity index (χ0v) is 17.8. The largest absolute Gasteiger partial charge is 0.495 e. The fraction of sp³-hybridized carbons (Fsp3) is 0.565. The highest BCUT2D eigenvalue weighted by Crippen LogP contribution is 2.61. The summed E-state index contributed by atoms with van der Waals surface area (Å²) >= 11 is 6.11. The number of anilines is 1. The van der Waals surface area contributed by atoms with E-state index in [1.54, 1.807) is 24.4 Å². The van der Waals surface area contributed by atoms with E-state index in [-0.39, 0.29) is 11.6 Å². The van der Waals surface area contributed by atoms with Crippen LogP contribution in [0.25, 0.3) is 0 Å². The van der Waals surface area contributed by atoms with Crippen molar-refractivity contribution in [2.45, 2.75) is 51.5 Å². The summed E-state index contributed by atoms with van der Waals surface area (Å²) in [6.45, 7) is 2.21. The Labute approximate surface area is 177 Å². The molecule has 0 radical (unpaired) electrons. The summed E-state index contributed by atoms with van der Waals surface area (Å²) in [5.41, 5.74) is 0.899. The van der Waals surface area contributed by atoms with Crippen molar-refractivity contribution >= 4 is 23.2 Å². The minimum absolute atomic E-state index is 0.0634. The van der Waals surface area contributed by atoms with Crippen LogP contribution in [0.3, 0.4) is 0 Å². The molecule has 0 aliphatic heterocycles. The molecule has 0 saturated heterocycles. The number of benzene rings is 1. The Morgan fingerprint density at radius 3 is 2.41 bits per heavy atom. The molecule has 29 heavy (non-hydrogen) atoms. The first-order valence-electron chi connectivity index (χ1n) is 10.4. The summed E-state index contributed by atoms with van der Waals surface area (Å²) in [7, 11) is 1.53. The molecule has 4 aliphatic carbocycles. The van der Waals surface area contributed by atoms with E-state index in [4.69, 9.17) is 16.3 Å². The molecule has 4 bridgehead atoms. The number of carbonyl (C=O) groups is 1. The number of nitriles is 1. The number of nitrogens with zero attached hydrogens (tertiary/aromatic N) is 1. The summed E-state index contributed by atoms with van der Waals surface area (Å²) in [4.78, 5) is 12.6. The Kier molecular flexibility index (Phi) is 5.48. The fourth-order valence-corrected chi connectivity index (χ4v) is 6.44. The van der Waals surface area contributed by atoms with Gasteiger partial charge in [0.25, 0.3) is 5.91 Å². The molecule has 1 amide bonds. The number of halogens is 1. The van der Waals surface area contributed by atoms with Crippen molar-refractivity contribution < 1.29 is 9.53 Å². The Balaban J connectivity index is 1.42. The second kappa shape index (κ2) is 7.91. The molecule has 1 aromatic rings. The maximum atomic E-state index is 12.6. The molecule has 154 valence electrons. The number of ether oxygens (including phenoxy) is 1. The van der Waals surface area contributed by atoms with Gasteiger partial charge >= 0.3 is 0 Å². The maximum absolute atomic E-state index is 12.6. The lowest BCUT2D eigenvalue weighted by atomic mass is 9.48. The number of rotatable bonds is 6. The Morgan fingerprint density at radius 1 is 1.28 bits per heavy atom. The first-order valence-corrected chi connectivity index (χ1v) is 10.8. The van der Waals surface area contributed by atoms with Crippen LogP contribution in [0.4, 0.5) is 5.69 Å². The van der Waals surface area contributed by atoms with Crippen molar-refractivity contribution in [3.05, 3.63) is 35.0 Å². The fourth-order valence-electron chi connectivity index (χ4n) is 6.18. The van der Waals surface area contributed by atoms with Crippen LogP contribution in [-0.2, 0) is 4.79 Å². The standard InChI is InChI=1S/C23H28ClN3O2/c1-14(23-9-15-5-16(10-23)7-17(6-15)11-23)26-13-18(12-25)22(28)27-19-3-4-21(29-2)20(24)8-19/h3-4,8,13-17,26H,5-7,9-11H2,1-2H3,(H,27,28)/b18-13-. The van der Waals surface area contributed by atoms with Gasteiger partial charge in [-0.1, -0.05) is 11.6 Å². The summed E-state index contributed by atoms with van der Waals surface area (Å²) in [6, 6.07) is 7.26. The number of nitrogens with one attached hydrogen (secondary N) is 2. The molecule has 4 aliphatic rings. The lowest BCUT2D eigenvalue weighted by Gasteiger charge is -2.59. The SMILES string of the molecule is COc1ccc(NC(=O)/C(C#N)=C\NC(C)C23CC4CC(CC(C4)C2)C3)cc1Cl. The predicted molar refractivity (Wildman–Crippen MR) is 114 cm³/mol. The molecular formula is C23H28ClN3O2. The summed E-state index contributed by atoms with van der Waals surface area (Å²) < 4.78 is 5.12. The van der Waals surface area contributed by atoms with E-state index in [1.807, 2.05) is 6.07 Å². The molecule has 4 fully saturated rings. The van der Waals surface area contributed by atoms with Gasteiger partial charge in [0.15, 0.2) is 0 Å². The summed E-state index contributed by atoms with van der Waals surface area (Å²) in [5, 5.41) is 16.0. The monoisotopic (exact) mass is 413 g/mol. The molecule has 2 N–H and O–H groups in total. The van der Waals surface area contributed by atoms with Crippen LogP contribution in [0.5, 0.6) is 5.75 Å². The van der Waals surface area contributed by atoms with Crippen LogP contribution in [0.1, 0.15) is 45.4 Å². The normalized spacial score (nSPS) is 31.1. The number of hydrogen-bond acceptors (Lipinski definition) is 4. The second-order valence-corrected chi connectivity index (χ2v) is 9.55. The van der Waals surface area contributed by atoms with E-state index in [0.717, 1.165) is 17.8 Å². The third-order valence-corrected chi connectivity index (χ3v) is 7.55. The molecule has 6 heteroatoms. The van der Waals surface area contributed by atoms with Crippen molar-refractivity contribution in [2.75, 3.05) is 12.4 Å².